The molecule has 2 rings (SSSR count). The third kappa shape index (κ3) is 4.66. The Hall–Kier alpha value is -3.15. The average molecular weight is 604 g/mol. The predicted octanol–water partition coefficient (Wildman–Crippen LogP) is 8.65. The molecule has 0 aromatic heterocycles. The van der Waals surface area contributed by atoms with Crippen molar-refractivity contribution in [1.82, 2.24) is 0 Å². The van der Waals surface area contributed by atoms with Crippen molar-refractivity contribution in [3.63, 3.8) is 0 Å². The second-order valence-corrected chi connectivity index (χ2v) is 7.64. The summed E-state index contributed by atoms with van der Waals surface area (Å²) >= 11 is 0. The third-order valence-electron chi connectivity index (χ3n) is 5.01. The zero-order valence-corrected chi connectivity index (χ0v) is 17.9. The molecule has 0 bridgehead atoms. The van der Waals surface area contributed by atoms with Crippen molar-refractivity contribution in [3.05, 3.63) is 54.1 Å². The molecule has 0 aliphatic carbocycles. The number of aromatic hydroxyl groups is 1. The van der Waals surface area contributed by atoms with Crippen molar-refractivity contribution in [2.24, 2.45) is 0 Å². The highest BCUT2D eigenvalue weighted by Gasteiger charge is 2.95. The molecular weight excluding hydrogens is 595 g/mol. The average Bonchev–Trinajstić information content (AvgIpc) is 2.79. The number of hydrogen-bond acceptors (Lipinski definition) is 2. The summed E-state index contributed by atoms with van der Waals surface area (Å²) in [5.74, 6) is -57.8. The molecule has 0 fully saturated rings. The molecule has 2 nitrogen and oxygen atoms in total. The second-order valence-electron chi connectivity index (χ2n) is 7.64. The number of halogens is 17. The van der Waals surface area contributed by atoms with E-state index in [0.717, 1.165) is 24.3 Å². The monoisotopic (exact) mass is 604 g/mol. The normalized spacial score (nSPS) is 14.9. The van der Waals surface area contributed by atoms with E-state index in [-0.39, 0.29) is 23.6 Å². The zero-order valence-electron chi connectivity index (χ0n) is 17.9. The van der Waals surface area contributed by atoms with Crippen LogP contribution < -0.4 is 4.74 Å². The van der Waals surface area contributed by atoms with Crippen LogP contribution in [0.2, 0.25) is 0 Å². The number of rotatable bonds is 9. The molecule has 2 aromatic carbocycles. The van der Waals surface area contributed by atoms with E-state index in [1.54, 1.807) is 0 Å². The van der Waals surface area contributed by atoms with E-state index in [4.69, 9.17) is 9.84 Å². The first-order valence-electron chi connectivity index (χ1n) is 9.49. The van der Waals surface area contributed by atoms with Gasteiger partial charge in [-0.2, -0.15) is 74.6 Å². The van der Waals surface area contributed by atoms with E-state index in [1.807, 2.05) is 0 Å². The van der Waals surface area contributed by atoms with Crippen molar-refractivity contribution < 1.29 is 84.5 Å². The Bertz CT molecular complexity index is 1150. The highest BCUT2D eigenvalue weighted by molar-refractivity contribution is 5.37. The van der Waals surface area contributed by atoms with Crippen LogP contribution in [-0.4, -0.2) is 46.8 Å². The van der Waals surface area contributed by atoms with Gasteiger partial charge in [-0.1, -0.05) is 0 Å². The van der Waals surface area contributed by atoms with Crippen LogP contribution in [-0.2, 0) is 5.92 Å². The molecule has 19 heteroatoms. The molecular formula is C20H9F17O2. The van der Waals surface area contributed by atoms with Gasteiger partial charge in [-0.05, 0) is 48.5 Å². The van der Waals surface area contributed by atoms with Gasteiger partial charge in [0.2, 0.25) is 0 Å². The highest BCUT2D eigenvalue weighted by atomic mass is 19.4. The Morgan fingerprint density at radius 2 is 0.718 bits per heavy atom. The van der Waals surface area contributed by atoms with E-state index in [2.05, 4.69) is 0 Å². The van der Waals surface area contributed by atoms with Crippen LogP contribution in [0, 0.1) is 0 Å². The minimum Gasteiger partial charge on any atom is -0.508 e. The molecule has 0 aliphatic rings. The molecule has 0 aliphatic heterocycles. The molecule has 0 radical (unpaired) electrons. The molecule has 0 unspecified atom stereocenters. The van der Waals surface area contributed by atoms with E-state index in [9.17, 15) is 74.6 Å². The maximum Gasteiger partial charge on any atom is 0.460 e. The van der Waals surface area contributed by atoms with Gasteiger partial charge in [-0.3, -0.25) is 0 Å². The lowest BCUT2D eigenvalue weighted by atomic mass is 9.87. The summed E-state index contributed by atoms with van der Waals surface area (Å²) in [5.41, 5.74) is -2.35. The molecule has 1 N–H and O–H groups in total. The molecule has 0 saturated carbocycles. The van der Waals surface area contributed by atoms with Crippen molar-refractivity contribution in [1.29, 1.82) is 0 Å². The maximum atomic E-state index is 14.3. The molecule has 0 spiro atoms. The molecule has 0 heterocycles. The first-order chi connectivity index (χ1) is 17.2. The molecule has 220 valence electrons. The van der Waals surface area contributed by atoms with E-state index in [1.165, 1.54) is 0 Å². The fourth-order valence-electron chi connectivity index (χ4n) is 2.73. The number of ether oxygens (including phenoxy) is 1. The number of hydrogen-bond donors (Lipinski definition) is 1. The minimum absolute atomic E-state index is 0.136. The quantitative estimate of drug-likeness (QED) is 0.291. The van der Waals surface area contributed by atoms with Crippen molar-refractivity contribution >= 4 is 0 Å². The summed E-state index contributed by atoms with van der Waals surface area (Å²) in [6.45, 7) is 0. The van der Waals surface area contributed by atoms with Gasteiger partial charge >= 0.3 is 47.6 Å². The van der Waals surface area contributed by atoms with Gasteiger partial charge in [-0.15, -0.1) is 0 Å². The molecule has 39 heavy (non-hydrogen) atoms. The lowest BCUT2D eigenvalue weighted by Crippen LogP contribution is -2.74. The van der Waals surface area contributed by atoms with Crippen LogP contribution in [0.4, 0.5) is 74.6 Å². The Balaban J connectivity index is 2.50. The SMILES string of the molecule is Oc1ccc(Oc2ccc(C(F)(F)C(F)(F)C(F)(F)C(F)(F)C(F)(F)C(F)(F)C(F)(F)C(F)(F)F)cc2)cc1. The largest absolute Gasteiger partial charge is 0.508 e. The van der Waals surface area contributed by atoms with Gasteiger partial charge < -0.3 is 9.84 Å². The number of benzene rings is 2. The lowest BCUT2D eigenvalue weighted by molar-refractivity contribution is -0.462. The standard InChI is InChI=1S/C20H9F17O2/c21-13(22,9-1-5-11(6-2-9)39-12-7-3-10(38)4-8-12)14(23,24)15(25,26)16(27,28)17(29,30)18(31,32)19(33,34)20(35,36)37/h1-8,38H. The van der Waals surface area contributed by atoms with Crippen molar-refractivity contribution in [2.45, 2.75) is 47.6 Å². The van der Waals surface area contributed by atoms with Crippen LogP contribution >= 0.6 is 0 Å². The summed E-state index contributed by atoms with van der Waals surface area (Å²) in [4.78, 5) is 0. The Morgan fingerprint density at radius 1 is 0.410 bits per heavy atom. The number of phenolic OH excluding ortho intramolecular Hbond substituents is 1. The fraction of sp³-hybridized carbons (Fsp3) is 0.400. The van der Waals surface area contributed by atoms with Crippen LogP contribution in [0.1, 0.15) is 5.56 Å². The van der Waals surface area contributed by atoms with Crippen LogP contribution in [0.15, 0.2) is 48.5 Å². The van der Waals surface area contributed by atoms with Crippen LogP contribution in [0.3, 0.4) is 0 Å². The molecule has 0 atom stereocenters. The first-order valence-corrected chi connectivity index (χ1v) is 9.49. The molecule has 2 aromatic rings. The fourth-order valence-corrected chi connectivity index (χ4v) is 2.73. The molecule has 0 saturated heterocycles. The van der Waals surface area contributed by atoms with E-state index in [0.29, 0.717) is 12.1 Å². The number of phenols is 1. The first kappa shape index (κ1) is 32.1. The van der Waals surface area contributed by atoms with E-state index < -0.39 is 58.9 Å². The van der Waals surface area contributed by atoms with Gasteiger partial charge in [0.25, 0.3) is 0 Å². The predicted molar refractivity (Wildman–Crippen MR) is 94.3 cm³/mol. The lowest BCUT2D eigenvalue weighted by Gasteiger charge is -2.42. The Morgan fingerprint density at radius 3 is 1.08 bits per heavy atom. The Kier molecular flexibility index (Phi) is 7.57. The van der Waals surface area contributed by atoms with Crippen LogP contribution in [0.25, 0.3) is 0 Å². The van der Waals surface area contributed by atoms with Gasteiger partial charge in [0, 0.05) is 5.56 Å². The van der Waals surface area contributed by atoms with Crippen molar-refractivity contribution in [3.8, 4) is 17.2 Å². The summed E-state index contributed by atoms with van der Waals surface area (Å²) in [5, 5.41) is 9.12. The topological polar surface area (TPSA) is 29.5 Å². The van der Waals surface area contributed by atoms with Crippen molar-refractivity contribution in [2.75, 3.05) is 0 Å². The zero-order chi connectivity index (χ0) is 30.7. The van der Waals surface area contributed by atoms with E-state index >= 15 is 0 Å². The number of alkyl halides is 17. The third-order valence-corrected chi connectivity index (χ3v) is 5.01. The maximum absolute atomic E-state index is 14.3. The van der Waals surface area contributed by atoms with Gasteiger partial charge in [0.1, 0.15) is 17.2 Å². The highest BCUT2D eigenvalue weighted by Crippen LogP contribution is 2.65. The Labute approximate surface area is 204 Å². The smallest absolute Gasteiger partial charge is 0.460 e. The second kappa shape index (κ2) is 9.21. The summed E-state index contributed by atoms with van der Waals surface area (Å²) in [6.07, 6.45) is -7.80. The van der Waals surface area contributed by atoms with Gasteiger partial charge in [-0.25, -0.2) is 0 Å². The van der Waals surface area contributed by atoms with Gasteiger partial charge in [0.15, 0.2) is 0 Å². The summed E-state index contributed by atoms with van der Waals surface area (Å²) in [7, 11) is 0. The summed E-state index contributed by atoms with van der Waals surface area (Å²) in [6, 6.07) is 4.52. The molecule has 0 amide bonds. The minimum atomic E-state index is -8.68. The van der Waals surface area contributed by atoms with Crippen LogP contribution in [0.5, 0.6) is 17.2 Å². The van der Waals surface area contributed by atoms with Gasteiger partial charge in [0.05, 0.1) is 0 Å². The summed E-state index contributed by atoms with van der Waals surface area (Å²) < 4.78 is 233.